The molecule has 1 unspecified atom stereocenters. The summed E-state index contributed by atoms with van der Waals surface area (Å²) in [5, 5.41) is 3.83. The maximum absolute atomic E-state index is 15.7. The molecule has 210 valence electrons. The Balaban J connectivity index is 1.37. The average molecular weight is 555 g/mol. The topological polar surface area (TPSA) is 79.4 Å². The third kappa shape index (κ3) is 5.28. The molecular formula is C30H39FN4O3S. The molecule has 7 nitrogen and oxygen atoms in total. The molecule has 1 saturated heterocycles. The van der Waals surface area contributed by atoms with Gasteiger partial charge in [-0.2, -0.15) is 0 Å². The van der Waals surface area contributed by atoms with Crippen molar-refractivity contribution in [2.75, 3.05) is 26.5 Å². The number of methoxy groups -OCH3 is 1. The van der Waals surface area contributed by atoms with Crippen LogP contribution in [0.25, 0.3) is 10.9 Å². The minimum absolute atomic E-state index is 0.107. The van der Waals surface area contributed by atoms with Crippen molar-refractivity contribution < 1.29 is 13.9 Å². The van der Waals surface area contributed by atoms with Crippen LogP contribution in [0.4, 0.5) is 4.39 Å². The molecule has 1 amide bonds. The van der Waals surface area contributed by atoms with E-state index in [2.05, 4.69) is 26.7 Å². The lowest BCUT2D eigenvalue weighted by atomic mass is 9.83. The maximum Gasteiger partial charge on any atom is 0.254 e. The molecule has 0 radical (unpaired) electrons. The van der Waals surface area contributed by atoms with Crippen molar-refractivity contribution in [1.82, 2.24) is 19.8 Å². The minimum atomic E-state index is -0.939. The highest BCUT2D eigenvalue weighted by molar-refractivity contribution is 7.98. The molecule has 5 rings (SSSR count). The summed E-state index contributed by atoms with van der Waals surface area (Å²) in [6, 6.07) is 10.1. The molecule has 2 N–H and O–H groups in total. The van der Waals surface area contributed by atoms with E-state index in [9.17, 15) is 9.59 Å². The highest BCUT2D eigenvalue weighted by atomic mass is 32.2. The number of fused-ring (bicyclic) bond motifs is 1. The van der Waals surface area contributed by atoms with Crippen LogP contribution in [-0.2, 0) is 11.3 Å². The predicted molar refractivity (Wildman–Crippen MR) is 155 cm³/mol. The summed E-state index contributed by atoms with van der Waals surface area (Å²) in [4.78, 5) is 32.2. The first-order chi connectivity index (χ1) is 18.7. The van der Waals surface area contributed by atoms with Gasteiger partial charge in [-0.1, -0.05) is 18.2 Å². The van der Waals surface area contributed by atoms with Gasteiger partial charge in [0, 0.05) is 71.0 Å². The minimum Gasteiger partial charge on any atom is -0.381 e. The number of H-pyrrole nitrogens is 1. The van der Waals surface area contributed by atoms with E-state index in [1.165, 1.54) is 11.8 Å². The molecule has 3 aromatic rings. The van der Waals surface area contributed by atoms with E-state index in [0.717, 1.165) is 53.0 Å². The number of carbonyl (C=O) groups excluding carboxylic acids is 1. The first-order valence-electron chi connectivity index (χ1n) is 13.8. The van der Waals surface area contributed by atoms with Gasteiger partial charge < -0.3 is 19.6 Å². The van der Waals surface area contributed by atoms with Gasteiger partial charge in [0.1, 0.15) is 6.17 Å². The Labute approximate surface area is 233 Å². The number of aryl methyl sites for hydroxylation is 1. The fourth-order valence-electron chi connectivity index (χ4n) is 6.54. The third-order valence-corrected chi connectivity index (χ3v) is 9.63. The van der Waals surface area contributed by atoms with Gasteiger partial charge in [0.2, 0.25) is 0 Å². The molecule has 39 heavy (non-hydrogen) atoms. The second-order valence-corrected chi connectivity index (χ2v) is 11.9. The molecule has 3 heterocycles. The molecule has 1 aromatic carbocycles. The molecule has 1 aliphatic heterocycles. The van der Waals surface area contributed by atoms with Gasteiger partial charge in [0.15, 0.2) is 0 Å². The van der Waals surface area contributed by atoms with Crippen LogP contribution in [0, 0.1) is 19.8 Å². The summed E-state index contributed by atoms with van der Waals surface area (Å²) in [5.74, 6) is -0.369. The number of hydrogen-bond donors (Lipinski definition) is 2. The fraction of sp³-hybridized carbons (Fsp3) is 0.533. The number of likely N-dealkylation sites (tertiary alicyclic amines) is 1. The highest BCUT2D eigenvalue weighted by Crippen LogP contribution is 2.39. The Kier molecular flexibility index (Phi) is 8.21. The van der Waals surface area contributed by atoms with Crippen molar-refractivity contribution in [3.63, 3.8) is 0 Å². The summed E-state index contributed by atoms with van der Waals surface area (Å²) in [5.41, 5.74) is 3.48. The van der Waals surface area contributed by atoms with Crippen LogP contribution in [0.3, 0.4) is 0 Å². The van der Waals surface area contributed by atoms with Gasteiger partial charge in [-0.05, 0) is 65.0 Å². The van der Waals surface area contributed by atoms with Crippen LogP contribution in [0.5, 0.6) is 0 Å². The smallest absolute Gasteiger partial charge is 0.254 e. The zero-order valence-electron chi connectivity index (χ0n) is 23.4. The number of nitrogens with one attached hydrogen (secondary N) is 2. The van der Waals surface area contributed by atoms with Crippen LogP contribution >= 0.6 is 11.8 Å². The van der Waals surface area contributed by atoms with E-state index in [1.54, 1.807) is 7.11 Å². The van der Waals surface area contributed by atoms with E-state index in [4.69, 9.17) is 4.74 Å². The zero-order valence-corrected chi connectivity index (χ0v) is 24.2. The Morgan fingerprint density at radius 3 is 2.72 bits per heavy atom. The normalized spacial score (nSPS) is 24.5. The molecule has 1 saturated carbocycles. The van der Waals surface area contributed by atoms with Gasteiger partial charge in [-0.15, -0.1) is 11.8 Å². The quantitative estimate of drug-likeness (QED) is 0.384. The summed E-state index contributed by atoms with van der Waals surface area (Å²) >= 11 is 1.49. The van der Waals surface area contributed by atoms with Crippen molar-refractivity contribution in [3.05, 3.63) is 63.2 Å². The molecular weight excluding hydrogens is 515 g/mol. The number of thioether (sulfide) groups is 1. The molecule has 2 aliphatic rings. The van der Waals surface area contributed by atoms with E-state index in [-0.39, 0.29) is 30.0 Å². The van der Waals surface area contributed by atoms with Crippen molar-refractivity contribution in [1.29, 1.82) is 0 Å². The van der Waals surface area contributed by atoms with Crippen LogP contribution in [0.15, 0.2) is 40.0 Å². The Bertz CT molecular complexity index is 1410. The number of aromatic amines is 1. The Hall–Kier alpha value is -2.62. The monoisotopic (exact) mass is 554 g/mol. The standard InChI is InChI=1S/C30H39FN4O3S/c1-17-12-27(39-5)24(29(36)33-17)15-32-30(37)28-19(3)35(26-9-7-6-8-23(26)28)18(2)22-10-11-34(16-25(22)31)20-13-21(14-20)38-4/h6-9,12,18,20-22,25H,10-11,13-16H2,1-5H3,(H,32,37)(H,33,36)/t18?,20?,21?,22-,25+/m1/s1. The number of amides is 1. The van der Waals surface area contributed by atoms with Gasteiger partial charge in [-0.25, -0.2) is 4.39 Å². The van der Waals surface area contributed by atoms with Gasteiger partial charge in [0.05, 0.1) is 11.7 Å². The lowest BCUT2D eigenvalue weighted by Crippen LogP contribution is -2.54. The number of aromatic nitrogens is 2. The van der Waals surface area contributed by atoms with Gasteiger partial charge in [0.25, 0.3) is 11.5 Å². The molecule has 1 aliphatic carbocycles. The molecule has 2 fully saturated rings. The first-order valence-corrected chi connectivity index (χ1v) is 15.0. The number of ether oxygens (including phenoxy) is 1. The number of carbonyl (C=O) groups is 1. The highest BCUT2D eigenvalue weighted by Gasteiger charge is 2.41. The van der Waals surface area contributed by atoms with Gasteiger partial charge in [-0.3, -0.25) is 14.5 Å². The van der Waals surface area contributed by atoms with E-state index in [0.29, 0.717) is 29.8 Å². The van der Waals surface area contributed by atoms with Crippen LogP contribution in [0.1, 0.15) is 59.5 Å². The van der Waals surface area contributed by atoms with E-state index >= 15 is 4.39 Å². The van der Waals surface area contributed by atoms with Gasteiger partial charge >= 0.3 is 0 Å². The SMILES string of the molecule is COC1CC(N2CC[C@H](C(C)n3c(C)c(C(=O)NCc4c(SC)cc(C)[nH]c4=O)c4ccccc43)[C@@H](F)C2)C1. The second kappa shape index (κ2) is 11.5. The summed E-state index contributed by atoms with van der Waals surface area (Å²) < 4.78 is 23.2. The Morgan fingerprint density at radius 1 is 1.28 bits per heavy atom. The maximum atomic E-state index is 15.7. The number of piperidine rings is 1. The number of halogens is 1. The third-order valence-electron chi connectivity index (χ3n) is 8.83. The molecule has 2 aromatic heterocycles. The Morgan fingerprint density at radius 2 is 2.03 bits per heavy atom. The lowest BCUT2D eigenvalue weighted by molar-refractivity contribution is -0.0539. The number of hydrogen-bond acceptors (Lipinski definition) is 5. The second-order valence-electron chi connectivity index (χ2n) is 11.0. The van der Waals surface area contributed by atoms with Crippen molar-refractivity contribution in [2.24, 2.45) is 5.92 Å². The van der Waals surface area contributed by atoms with E-state index in [1.807, 2.05) is 50.4 Å². The largest absolute Gasteiger partial charge is 0.381 e. The molecule has 0 spiro atoms. The first kappa shape index (κ1) is 27.9. The summed E-state index contributed by atoms with van der Waals surface area (Å²) in [6.07, 6.45) is 4.03. The number of nitrogens with zero attached hydrogens (tertiary/aromatic N) is 2. The summed E-state index contributed by atoms with van der Waals surface area (Å²) in [7, 11) is 1.74. The number of benzene rings is 1. The number of rotatable bonds is 8. The summed E-state index contributed by atoms with van der Waals surface area (Å²) in [6.45, 7) is 7.33. The average Bonchev–Trinajstić information content (AvgIpc) is 3.18. The predicted octanol–water partition coefficient (Wildman–Crippen LogP) is 5.00. The van der Waals surface area contributed by atoms with E-state index < -0.39 is 6.17 Å². The number of pyridine rings is 1. The number of para-hydroxylation sites is 1. The van der Waals surface area contributed by atoms with Crippen LogP contribution in [-0.4, -0.2) is 65.1 Å². The van der Waals surface area contributed by atoms with Crippen molar-refractivity contribution in [3.8, 4) is 0 Å². The fourth-order valence-corrected chi connectivity index (χ4v) is 7.24. The zero-order chi connectivity index (χ0) is 27.8. The van der Waals surface area contributed by atoms with Crippen molar-refractivity contribution in [2.45, 2.75) is 75.8 Å². The molecule has 9 heteroatoms. The van der Waals surface area contributed by atoms with Crippen molar-refractivity contribution >= 4 is 28.6 Å². The van der Waals surface area contributed by atoms with Crippen LogP contribution < -0.4 is 10.9 Å². The lowest BCUT2D eigenvalue weighted by Gasteiger charge is -2.47. The number of alkyl halides is 1. The molecule has 0 bridgehead atoms. The van der Waals surface area contributed by atoms with Crippen LogP contribution in [0.2, 0.25) is 0 Å². The molecule has 3 atom stereocenters.